The first-order valence-corrected chi connectivity index (χ1v) is 6.93. The predicted octanol–water partition coefficient (Wildman–Crippen LogP) is 3.46. The van der Waals surface area contributed by atoms with Gasteiger partial charge in [0.1, 0.15) is 11.3 Å². The van der Waals surface area contributed by atoms with Crippen LogP contribution in [0.2, 0.25) is 0 Å². The lowest BCUT2D eigenvalue weighted by Gasteiger charge is -2.00. The molecule has 5 nitrogen and oxygen atoms in total. The Morgan fingerprint density at radius 1 is 0.913 bits per heavy atom. The molecular weight excluding hydrogens is 296 g/mol. The largest absolute Gasteiger partial charge is 0.497 e. The number of rotatable bonds is 4. The molecule has 0 amide bonds. The standard InChI is InChI=1S/C18H14O5/c1-21-14-6-3-11(4-7-14)17(19)16-10-13-9-12(18(20)22-2)5-8-15(13)23-16/h3-10H,1-2H3. The first-order valence-electron chi connectivity index (χ1n) is 6.93. The molecule has 0 N–H and O–H groups in total. The lowest BCUT2D eigenvalue weighted by molar-refractivity contribution is 0.0601. The van der Waals surface area contributed by atoms with Gasteiger partial charge in [-0.05, 0) is 48.5 Å². The average molecular weight is 310 g/mol. The van der Waals surface area contributed by atoms with E-state index in [-0.39, 0.29) is 11.5 Å². The fourth-order valence-corrected chi connectivity index (χ4v) is 2.28. The van der Waals surface area contributed by atoms with Crippen LogP contribution in [0, 0.1) is 0 Å². The minimum atomic E-state index is -0.434. The number of ketones is 1. The molecule has 0 unspecified atom stereocenters. The summed E-state index contributed by atoms with van der Waals surface area (Å²) in [6.45, 7) is 0. The minimum absolute atomic E-state index is 0.215. The van der Waals surface area contributed by atoms with Crippen LogP contribution in [0.4, 0.5) is 0 Å². The van der Waals surface area contributed by atoms with Crippen LogP contribution in [0.15, 0.2) is 52.9 Å². The normalized spacial score (nSPS) is 10.5. The van der Waals surface area contributed by atoms with Crippen molar-refractivity contribution in [2.75, 3.05) is 14.2 Å². The molecule has 0 aliphatic heterocycles. The van der Waals surface area contributed by atoms with Crippen LogP contribution in [0.3, 0.4) is 0 Å². The van der Waals surface area contributed by atoms with Crippen molar-refractivity contribution in [3.05, 3.63) is 65.4 Å². The predicted molar refractivity (Wildman–Crippen MR) is 84.0 cm³/mol. The minimum Gasteiger partial charge on any atom is -0.497 e. The lowest BCUT2D eigenvalue weighted by Crippen LogP contribution is -2.00. The maximum atomic E-state index is 12.5. The molecule has 0 saturated heterocycles. The van der Waals surface area contributed by atoms with E-state index in [1.807, 2.05) is 0 Å². The van der Waals surface area contributed by atoms with Crippen molar-refractivity contribution in [1.82, 2.24) is 0 Å². The molecule has 0 atom stereocenters. The van der Waals surface area contributed by atoms with Crippen molar-refractivity contribution in [3.8, 4) is 5.75 Å². The molecular formula is C18H14O5. The van der Waals surface area contributed by atoms with Gasteiger partial charge in [0.25, 0.3) is 0 Å². The topological polar surface area (TPSA) is 65.7 Å². The van der Waals surface area contributed by atoms with Gasteiger partial charge >= 0.3 is 5.97 Å². The summed E-state index contributed by atoms with van der Waals surface area (Å²) in [6, 6.07) is 13.3. The number of furan rings is 1. The van der Waals surface area contributed by atoms with Gasteiger partial charge in [-0.2, -0.15) is 0 Å². The van der Waals surface area contributed by atoms with Crippen molar-refractivity contribution in [1.29, 1.82) is 0 Å². The molecule has 2 aromatic carbocycles. The zero-order valence-corrected chi connectivity index (χ0v) is 12.7. The summed E-state index contributed by atoms with van der Waals surface area (Å²) < 4.78 is 15.3. The van der Waals surface area contributed by atoms with E-state index in [2.05, 4.69) is 4.74 Å². The summed E-state index contributed by atoms with van der Waals surface area (Å²) >= 11 is 0. The molecule has 5 heteroatoms. The second-order valence-corrected chi connectivity index (χ2v) is 4.91. The van der Waals surface area contributed by atoms with Gasteiger partial charge in [-0.1, -0.05) is 0 Å². The van der Waals surface area contributed by atoms with Gasteiger partial charge in [-0.15, -0.1) is 0 Å². The number of fused-ring (bicyclic) bond motifs is 1. The SMILES string of the molecule is COC(=O)c1ccc2oc(C(=O)c3ccc(OC)cc3)cc2c1. The Morgan fingerprint density at radius 3 is 2.26 bits per heavy atom. The number of carbonyl (C=O) groups excluding carboxylic acids is 2. The van der Waals surface area contributed by atoms with Crippen LogP contribution >= 0.6 is 0 Å². The zero-order chi connectivity index (χ0) is 16.4. The summed E-state index contributed by atoms with van der Waals surface area (Å²) in [4.78, 5) is 24.0. The van der Waals surface area contributed by atoms with Crippen molar-refractivity contribution in [2.24, 2.45) is 0 Å². The van der Waals surface area contributed by atoms with Gasteiger partial charge in [0.15, 0.2) is 5.76 Å². The summed E-state index contributed by atoms with van der Waals surface area (Å²) in [5.41, 5.74) is 1.44. The molecule has 0 spiro atoms. The van der Waals surface area contributed by atoms with E-state index >= 15 is 0 Å². The molecule has 0 radical (unpaired) electrons. The highest BCUT2D eigenvalue weighted by molar-refractivity contribution is 6.09. The molecule has 3 aromatic rings. The molecule has 116 valence electrons. The number of ether oxygens (including phenoxy) is 2. The monoisotopic (exact) mass is 310 g/mol. The number of methoxy groups -OCH3 is 2. The molecule has 0 bridgehead atoms. The Hall–Kier alpha value is -3.08. The smallest absolute Gasteiger partial charge is 0.337 e. The fourth-order valence-electron chi connectivity index (χ4n) is 2.28. The number of benzene rings is 2. The Kier molecular flexibility index (Phi) is 3.85. The van der Waals surface area contributed by atoms with E-state index in [1.165, 1.54) is 7.11 Å². The Bertz CT molecular complexity index is 874. The van der Waals surface area contributed by atoms with Gasteiger partial charge in [-0.3, -0.25) is 4.79 Å². The molecule has 1 aromatic heterocycles. The lowest BCUT2D eigenvalue weighted by atomic mass is 10.1. The van der Waals surface area contributed by atoms with Gasteiger partial charge in [0.2, 0.25) is 5.78 Å². The highest BCUT2D eigenvalue weighted by Gasteiger charge is 2.16. The van der Waals surface area contributed by atoms with Crippen LogP contribution < -0.4 is 4.74 Å². The second-order valence-electron chi connectivity index (χ2n) is 4.91. The summed E-state index contributed by atoms with van der Waals surface area (Å²) in [7, 11) is 2.88. The molecule has 0 aliphatic carbocycles. The number of esters is 1. The van der Waals surface area contributed by atoms with Gasteiger partial charge in [-0.25, -0.2) is 4.79 Å². The molecule has 0 saturated carbocycles. The molecule has 0 fully saturated rings. The third-order valence-electron chi connectivity index (χ3n) is 3.51. The highest BCUT2D eigenvalue weighted by Crippen LogP contribution is 2.24. The van der Waals surface area contributed by atoms with Crippen LogP contribution in [0.25, 0.3) is 11.0 Å². The van der Waals surface area contributed by atoms with Crippen molar-refractivity contribution in [3.63, 3.8) is 0 Å². The summed E-state index contributed by atoms with van der Waals surface area (Å²) in [5, 5.41) is 0.671. The first-order chi connectivity index (χ1) is 11.1. The Labute approximate surface area is 132 Å². The third-order valence-corrected chi connectivity index (χ3v) is 3.51. The van der Waals surface area contributed by atoms with Crippen molar-refractivity contribution < 1.29 is 23.5 Å². The fraction of sp³-hybridized carbons (Fsp3) is 0.111. The van der Waals surface area contributed by atoms with E-state index in [0.29, 0.717) is 27.8 Å². The van der Waals surface area contributed by atoms with Crippen LogP contribution in [0.5, 0.6) is 5.75 Å². The van der Waals surface area contributed by atoms with E-state index < -0.39 is 5.97 Å². The third kappa shape index (κ3) is 2.81. The van der Waals surface area contributed by atoms with E-state index in [0.717, 1.165) is 0 Å². The second kappa shape index (κ2) is 5.96. The molecule has 23 heavy (non-hydrogen) atoms. The quantitative estimate of drug-likeness (QED) is 0.545. The summed E-state index contributed by atoms with van der Waals surface area (Å²) in [5.74, 6) is 0.223. The van der Waals surface area contributed by atoms with Gasteiger partial charge in [0, 0.05) is 10.9 Å². The molecule has 3 rings (SSSR count). The number of hydrogen-bond donors (Lipinski definition) is 0. The van der Waals surface area contributed by atoms with Crippen LogP contribution in [-0.2, 0) is 4.74 Å². The Morgan fingerprint density at radius 2 is 1.61 bits per heavy atom. The van der Waals surface area contributed by atoms with Crippen molar-refractivity contribution >= 4 is 22.7 Å². The van der Waals surface area contributed by atoms with Crippen LogP contribution in [0.1, 0.15) is 26.5 Å². The summed E-state index contributed by atoms with van der Waals surface area (Å²) in [6.07, 6.45) is 0. The van der Waals surface area contributed by atoms with Gasteiger partial charge < -0.3 is 13.9 Å². The maximum Gasteiger partial charge on any atom is 0.337 e. The first kappa shape index (κ1) is 14.8. The zero-order valence-electron chi connectivity index (χ0n) is 12.7. The van der Waals surface area contributed by atoms with Crippen molar-refractivity contribution in [2.45, 2.75) is 0 Å². The maximum absolute atomic E-state index is 12.5. The van der Waals surface area contributed by atoms with E-state index in [1.54, 1.807) is 55.6 Å². The van der Waals surface area contributed by atoms with E-state index in [4.69, 9.17) is 9.15 Å². The van der Waals surface area contributed by atoms with Gasteiger partial charge in [0.05, 0.1) is 19.8 Å². The van der Waals surface area contributed by atoms with E-state index in [9.17, 15) is 9.59 Å². The number of carbonyl (C=O) groups is 2. The highest BCUT2D eigenvalue weighted by atomic mass is 16.5. The average Bonchev–Trinajstić information content (AvgIpc) is 3.03. The Balaban J connectivity index is 1.95. The molecule has 0 aliphatic rings. The molecule has 1 heterocycles. The van der Waals surface area contributed by atoms with Crippen LogP contribution in [-0.4, -0.2) is 26.0 Å². The number of hydrogen-bond acceptors (Lipinski definition) is 5.